The van der Waals surface area contributed by atoms with Crippen molar-refractivity contribution in [1.29, 1.82) is 0 Å². The Morgan fingerprint density at radius 1 is 1.11 bits per heavy atom. The van der Waals surface area contributed by atoms with Crippen molar-refractivity contribution in [3.63, 3.8) is 0 Å². The number of hydrogen-bond donors (Lipinski definition) is 0. The highest BCUT2D eigenvalue weighted by molar-refractivity contribution is 7.20. The maximum atomic E-state index is 13.2. The van der Waals surface area contributed by atoms with Gasteiger partial charge in [0.25, 0.3) is 5.91 Å². The zero-order valence-electron chi connectivity index (χ0n) is 14.9. The average Bonchev–Trinajstić information content (AvgIpc) is 3.10. The van der Waals surface area contributed by atoms with Crippen LogP contribution in [0.15, 0.2) is 54.6 Å². The van der Waals surface area contributed by atoms with Gasteiger partial charge in [-0.15, -0.1) is 11.3 Å². The molecular weight excluding hydrogens is 363 g/mol. The van der Waals surface area contributed by atoms with Gasteiger partial charge in [-0.3, -0.25) is 4.79 Å². The third kappa shape index (κ3) is 3.24. The average molecular weight is 380 g/mol. The van der Waals surface area contributed by atoms with Crippen LogP contribution < -0.4 is 9.64 Å². The molecule has 0 saturated carbocycles. The largest absolute Gasteiger partial charge is 0.497 e. The van der Waals surface area contributed by atoms with E-state index in [1.165, 1.54) is 23.5 Å². The van der Waals surface area contributed by atoms with Gasteiger partial charge in [0.2, 0.25) is 0 Å². The van der Waals surface area contributed by atoms with Crippen LogP contribution in [0, 0.1) is 5.82 Å². The molecule has 0 atom stereocenters. The van der Waals surface area contributed by atoms with Crippen molar-refractivity contribution in [3.8, 4) is 5.75 Å². The summed E-state index contributed by atoms with van der Waals surface area (Å²) in [5, 5.41) is 1.88. The first-order valence-electron chi connectivity index (χ1n) is 8.55. The van der Waals surface area contributed by atoms with E-state index in [9.17, 15) is 9.18 Å². The van der Waals surface area contributed by atoms with Gasteiger partial charge >= 0.3 is 0 Å². The minimum atomic E-state index is -0.324. The molecule has 0 spiro atoms. The number of carbonyl (C=O) groups excluding carboxylic acids is 1. The SMILES string of the molecule is CCN(C(=O)c1cc2cc3cc(OC)ccc3nc2s1)c1ccc(F)cc1. The van der Waals surface area contributed by atoms with Crippen LogP contribution in [0.2, 0.25) is 0 Å². The minimum absolute atomic E-state index is 0.117. The van der Waals surface area contributed by atoms with Crippen LogP contribution >= 0.6 is 11.3 Å². The number of aromatic nitrogens is 1. The Morgan fingerprint density at radius 2 is 1.89 bits per heavy atom. The second-order valence-electron chi connectivity index (χ2n) is 6.08. The normalized spacial score (nSPS) is 11.1. The number of methoxy groups -OCH3 is 1. The number of halogens is 1. The lowest BCUT2D eigenvalue weighted by atomic mass is 10.2. The lowest BCUT2D eigenvalue weighted by molar-refractivity contribution is 0.0992. The maximum Gasteiger partial charge on any atom is 0.268 e. The smallest absolute Gasteiger partial charge is 0.268 e. The van der Waals surface area contributed by atoms with Crippen LogP contribution in [-0.4, -0.2) is 24.5 Å². The van der Waals surface area contributed by atoms with Crippen LogP contribution in [0.3, 0.4) is 0 Å². The molecule has 0 N–H and O–H groups in total. The lowest BCUT2D eigenvalue weighted by Gasteiger charge is -2.20. The van der Waals surface area contributed by atoms with Gasteiger partial charge in [0.05, 0.1) is 17.5 Å². The summed E-state index contributed by atoms with van der Waals surface area (Å²) in [7, 11) is 1.63. The highest BCUT2D eigenvalue weighted by Gasteiger charge is 2.19. The van der Waals surface area contributed by atoms with Crippen molar-refractivity contribution in [2.75, 3.05) is 18.6 Å². The van der Waals surface area contributed by atoms with E-state index in [0.29, 0.717) is 17.1 Å². The van der Waals surface area contributed by atoms with Crippen molar-refractivity contribution in [2.24, 2.45) is 0 Å². The molecule has 4 rings (SSSR count). The number of hydrogen-bond acceptors (Lipinski definition) is 4. The minimum Gasteiger partial charge on any atom is -0.497 e. The molecule has 0 aliphatic rings. The van der Waals surface area contributed by atoms with Gasteiger partial charge < -0.3 is 9.64 Å². The van der Waals surface area contributed by atoms with Gasteiger partial charge in [-0.05, 0) is 61.5 Å². The molecule has 0 aliphatic heterocycles. The Hall–Kier alpha value is -2.99. The summed E-state index contributed by atoms with van der Waals surface area (Å²) in [4.78, 5) is 20.7. The van der Waals surface area contributed by atoms with E-state index in [2.05, 4.69) is 4.98 Å². The monoisotopic (exact) mass is 380 g/mol. The van der Waals surface area contributed by atoms with Gasteiger partial charge in [0.1, 0.15) is 16.4 Å². The first-order valence-corrected chi connectivity index (χ1v) is 9.36. The number of carbonyl (C=O) groups is 1. The van der Waals surface area contributed by atoms with Crippen LogP contribution in [0.4, 0.5) is 10.1 Å². The third-order valence-electron chi connectivity index (χ3n) is 4.42. The fourth-order valence-electron chi connectivity index (χ4n) is 3.04. The van der Waals surface area contributed by atoms with Crippen molar-refractivity contribution in [2.45, 2.75) is 6.92 Å². The molecule has 0 bridgehead atoms. The van der Waals surface area contributed by atoms with E-state index >= 15 is 0 Å². The van der Waals surface area contributed by atoms with Crippen LogP contribution in [0.1, 0.15) is 16.6 Å². The van der Waals surface area contributed by atoms with Gasteiger partial charge in [0, 0.05) is 23.0 Å². The zero-order valence-corrected chi connectivity index (χ0v) is 15.7. The quantitative estimate of drug-likeness (QED) is 0.485. The molecule has 6 heteroatoms. The standard InChI is InChI=1S/C21H17FN2O2S/c1-3-24(16-6-4-15(22)5-7-16)21(25)19-12-14-10-13-11-17(26-2)8-9-18(13)23-20(14)27-19/h4-12H,3H2,1-2H3. The van der Waals surface area contributed by atoms with E-state index in [1.54, 1.807) is 24.1 Å². The highest BCUT2D eigenvalue weighted by atomic mass is 32.1. The number of rotatable bonds is 4. The summed E-state index contributed by atoms with van der Waals surface area (Å²) < 4.78 is 18.5. The molecular formula is C21H17FN2O2S. The number of anilines is 1. The number of ether oxygens (including phenoxy) is 1. The van der Waals surface area contributed by atoms with E-state index in [4.69, 9.17) is 4.74 Å². The molecule has 0 aliphatic carbocycles. The Balaban J connectivity index is 1.74. The summed E-state index contributed by atoms with van der Waals surface area (Å²) >= 11 is 1.36. The molecule has 0 unspecified atom stereocenters. The third-order valence-corrected chi connectivity index (χ3v) is 5.45. The molecule has 136 valence electrons. The Bertz CT molecular complexity index is 1140. The van der Waals surface area contributed by atoms with Crippen molar-refractivity contribution >= 4 is 44.1 Å². The van der Waals surface area contributed by atoms with E-state index in [-0.39, 0.29) is 11.7 Å². The van der Waals surface area contributed by atoms with Gasteiger partial charge in [0.15, 0.2) is 0 Å². The molecule has 0 saturated heterocycles. The first-order chi connectivity index (χ1) is 13.1. The molecule has 2 heterocycles. The lowest BCUT2D eigenvalue weighted by Crippen LogP contribution is -2.29. The molecule has 4 nitrogen and oxygen atoms in total. The Kier molecular flexibility index (Phi) is 4.49. The number of benzene rings is 2. The van der Waals surface area contributed by atoms with Gasteiger partial charge in [-0.1, -0.05) is 0 Å². The predicted octanol–water partition coefficient (Wildman–Crippen LogP) is 5.26. The predicted molar refractivity (Wildman–Crippen MR) is 107 cm³/mol. The van der Waals surface area contributed by atoms with Crippen molar-refractivity contribution in [1.82, 2.24) is 4.98 Å². The number of thiophene rings is 1. The number of fused-ring (bicyclic) bond motifs is 2. The summed E-state index contributed by atoms with van der Waals surface area (Å²) in [6.45, 7) is 2.39. The highest BCUT2D eigenvalue weighted by Crippen LogP contribution is 2.30. The van der Waals surface area contributed by atoms with Crippen molar-refractivity contribution in [3.05, 3.63) is 65.3 Å². The second kappa shape index (κ2) is 6.96. The molecule has 0 radical (unpaired) electrons. The summed E-state index contributed by atoms with van der Waals surface area (Å²) in [6.07, 6.45) is 0. The summed E-state index contributed by atoms with van der Waals surface area (Å²) in [5.41, 5.74) is 1.53. The second-order valence-corrected chi connectivity index (χ2v) is 7.11. The maximum absolute atomic E-state index is 13.2. The number of pyridine rings is 1. The van der Waals surface area contributed by atoms with Gasteiger partial charge in [-0.25, -0.2) is 9.37 Å². The first kappa shape index (κ1) is 17.4. The van der Waals surface area contributed by atoms with Crippen LogP contribution in [0.25, 0.3) is 21.1 Å². The van der Waals surface area contributed by atoms with Gasteiger partial charge in [-0.2, -0.15) is 0 Å². The molecule has 2 aromatic heterocycles. The molecule has 2 aromatic carbocycles. The van der Waals surface area contributed by atoms with Crippen LogP contribution in [-0.2, 0) is 0 Å². The van der Waals surface area contributed by atoms with E-state index < -0.39 is 0 Å². The molecule has 27 heavy (non-hydrogen) atoms. The number of amides is 1. The molecule has 4 aromatic rings. The number of nitrogens with zero attached hydrogens (tertiary/aromatic N) is 2. The molecule has 0 fully saturated rings. The summed E-state index contributed by atoms with van der Waals surface area (Å²) in [6, 6.07) is 15.5. The Labute approximate surface area is 159 Å². The van der Waals surface area contributed by atoms with Crippen molar-refractivity contribution < 1.29 is 13.9 Å². The fraction of sp³-hybridized carbons (Fsp3) is 0.143. The van der Waals surface area contributed by atoms with Crippen LogP contribution in [0.5, 0.6) is 5.75 Å². The zero-order chi connectivity index (χ0) is 19.0. The topological polar surface area (TPSA) is 42.4 Å². The summed E-state index contributed by atoms with van der Waals surface area (Å²) in [5.74, 6) is 0.327. The van der Waals surface area contributed by atoms with E-state index in [0.717, 1.165) is 26.9 Å². The van der Waals surface area contributed by atoms with E-state index in [1.807, 2.05) is 37.3 Å². The Morgan fingerprint density at radius 3 is 2.59 bits per heavy atom. The fourth-order valence-corrected chi connectivity index (χ4v) is 4.01. The molecule has 1 amide bonds.